The number of carbonyl (C=O) groups is 1. The van der Waals surface area contributed by atoms with E-state index in [1.54, 1.807) is 0 Å². The molecule has 4 nitrogen and oxygen atoms in total. The number of alkyl halides is 3. The Balaban J connectivity index is 1.66. The number of hydrogen-bond acceptors (Lipinski definition) is 4. The van der Waals surface area contributed by atoms with Crippen LogP contribution in [-0.2, 0) is 11.0 Å². The Hall–Kier alpha value is -4.09. The Morgan fingerprint density at radius 3 is 2.14 bits per heavy atom. The highest BCUT2D eigenvalue weighted by molar-refractivity contribution is 8.00. The summed E-state index contributed by atoms with van der Waals surface area (Å²) in [5.41, 5.74) is 1.98. The summed E-state index contributed by atoms with van der Waals surface area (Å²) in [5.74, 6) is -0.857. The van der Waals surface area contributed by atoms with E-state index >= 15 is 0 Å². The second-order valence-corrected chi connectivity index (χ2v) is 8.42. The Bertz CT molecular complexity index is 1380. The molecule has 8 heteroatoms. The van der Waals surface area contributed by atoms with Crippen molar-refractivity contribution in [2.45, 2.75) is 11.2 Å². The minimum absolute atomic E-state index is 0.222. The summed E-state index contributed by atoms with van der Waals surface area (Å²) in [6, 6.07) is 27.5. The third-order valence-electron chi connectivity index (χ3n) is 5.10. The van der Waals surface area contributed by atoms with Crippen LogP contribution in [0.3, 0.4) is 0 Å². The normalized spacial score (nSPS) is 11.0. The molecule has 1 N–H and O–H groups in total. The lowest BCUT2D eigenvalue weighted by Crippen LogP contribution is -2.18. The zero-order chi connectivity index (χ0) is 24.8. The predicted molar refractivity (Wildman–Crippen MR) is 131 cm³/mol. The van der Waals surface area contributed by atoms with E-state index in [9.17, 15) is 23.2 Å². The molecule has 0 fully saturated rings. The number of carbonyl (C=O) groups excluding carboxylic acids is 1. The molecule has 0 atom stereocenters. The molecule has 1 heterocycles. The number of thioether (sulfide) groups is 1. The van der Waals surface area contributed by atoms with E-state index in [4.69, 9.17) is 0 Å². The summed E-state index contributed by atoms with van der Waals surface area (Å²) in [5, 5.41) is 12.6. The molecule has 35 heavy (non-hydrogen) atoms. The molecule has 0 bridgehead atoms. The molecule has 4 aromatic rings. The fourth-order valence-electron chi connectivity index (χ4n) is 3.50. The van der Waals surface area contributed by atoms with Crippen LogP contribution in [-0.4, -0.2) is 16.6 Å². The van der Waals surface area contributed by atoms with Crippen molar-refractivity contribution in [3.63, 3.8) is 0 Å². The molecule has 0 saturated heterocycles. The molecule has 1 amide bonds. The number of nitriles is 1. The van der Waals surface area contributed by atoms with Gasteiger partial charge in [-0.3, -0.25) is 4.79 Å². The summed E-state index contributed by atoms with van der Waals surface area (Å²) in [7, 11) is 0. The van der Waals surface area contributed by atoms with Gasteiger partial charge in [-0.2, -0.15) is 18.4 Å². The van der Waals surface area contributed by atoms with Crippen LogP contribution in [0.15, 0.2) is 96.0 Å². The van der Waals surface area contributed by atoms with Crippen molar-refractivity contribution in [3.05, 3.63) is 102 Å². The largest absolute Gasteiger partial charge is 0.418 e. The minimum atomic E-state index is -4.60. The lowest BCUT2D eigenvalue weighted by molar-refractivity contribution is -0.137. The van der Waals surface area contributed by atoms with Gasteiger partial charge in [-0.1, -0.05) is 84.6 Å². The van der Waals surface area contributed by atoms with Crippen LogP contribution in [0.2, 0.25) is 0 Å². The number of halogens is 3. The summed E-state index contributed by atoms with van der Waals surface area (Å²) in [4.78, 5) is 17.2. The van der Waals surface area contributed by atoms with Gasteiger partial charge in [0.15, 0.2) is 0 Å². The maximum absolute atomic E-state index is 13.3. The van der Waals surface area contributed by atoms with E-state index in [1.807, 2.05) is 66.7 Å². The Labute approximate surface area is 204 Å². The second-order valence-electron chi connectivity index (χ2n) is 7.46. The molecule has 0 aliphatic heterocycles. The van der Waals surface area contributed by atoms with Crippen LogP contribution in [0.5, 0.6) is 0 Å². The molecule has 0 aliphatic carbocycles. The molecule has 0 spiro atoms. The van der Waals surface area contributed by atoms with Crippen LogP contribution in [0, 0.1) is 11.3 Å². The number of nitrogens with zero attached hydrogens (tertiary/aromatic N) is 2. The van der Waals surface area contributed by atoms with Crippen molar-refractivity contribution in [2.24, 2.45) is 0 Å². The molecule has 0 aliphatic rings. The lowest BCUT2D eigenvalue weighted by Gasteiger charge is -2.14. The number of pyridine rings is 1. The van der Waals surface area contributed by atoms with Crippen molar-refractivity contribution in [2.75, 3.05) is 11.1 Å². The first kappa shape index (κ1) is 24.0. The SMILES string of the molecule is N#Cc1c(-c2ccccc2)cc(-c2ccccc2)nc1SCC(=O)Nc1ccccc1C(F)(F)F. The number of rotatable bonds is 6. The predicted octanol–water partition coefficient (Wildman–Crippen LogP) is 7.04. The van der Waals surface area contributed by atoms with Gasteiger partial charge >= 0.3 is 6.18 Å². The van der Waals surface area contributed by atoms with Gasteiger partial charge in [-0.25, -0.2) is 4.98 Å². The van der Waals surface area contributed by atoms with Crippen molar-refractivity contribution in [1.29, 1.82) is 5.26 Å². The molecular formula is C27H18F3N3OS. The van der Waals surface area contributed by atoms with Gasteiger partial charge in [-0.15, -0.1) is 0 Å². The topological polar surface area (TPSA) is 65.8 Å². The number of amides is 1. The molecule has 4 rings (SSSR count). The number of aromatic nitrogens is 1. The van der Waals surface area contributed by atoms with Gasteiger partial charge in [0.2, 0.25) is 5.91 Å². The standard InChI is InChI=1S/C27H18F3N3OS/c28-27(29,30)22-13-7-8-14-23(22)32-25(34)17-35-26-21(16-31)20(18-9-3-1-4-10-18)15-24(33-26)19-11-5-2-6-12-19/h1-15H,17H2,(H,32,34). The molecular weight excluding hydrogens is 471 g/mol. The number of nitrogens with one attached hydrogen (secondary N) is 1. The van der Waals surface area contributed by atoms with Crippen molar-refractivity contribution in [1.82, 2.24) is 4.98 Å². The number of anilines is 1. The minimum Gasteiger partial charge on any atom is -0.325 e. The van der Waals surface area contributed by atoms with Gasteiger partial charge in [0.05, 0.1) is 28.3 Å². The fraction of sp³-hybridized carbons (Fsp3) is 0.0741. The average Bonchev–Trinajstić information content (AvgIpc) is 2.87. The molecule has 174 valence electrons. The Morgan fingerprint density at radius 1 is 0.914 bits per heavy atom. The Morgan fingerprint density at radius 2 is 1.51 bits per heavy atom. The van der Waals surface area contributed by atoms with Crippen molar-refractivity contribution >= 4 is 23.4 Å². The van der Waals surface area contributed by atoms with Gasteiger partial charge in [0.1, 0.15) is 11.1 Å². The lowest BCUT2D eigenvalue weighted by atomic mass is 9.99. The van der Waals surface area contributed by atoms with Gasteiger partial charge < -0.3 is 5.32 Å². The van der Waals surface area contributed by atoms with Crippen LogP contribution in [0.4, 0.5) is 18.9 Å². The van der Waals surface area contributed by atoms with Crippen LogP contribution in [0.25, 0.3) is 22.4 Å². The number of benzene rings is 3. The third kappa shape index (κ3) is 5.70. The van der Waals surface area contributed by atoms with E-state index in [-0.39, 0.29) is 11.4 Å². The van der Waals surface area contributed by atoms with Crippen LogP contribution in [0.1, 0.15) is 11.1 Å². The zero-order valence-corrected chi connectivity index (χ0v) is 19.0. The first-order chi connectivity index (χ1) is 16.9. The molecule has 1 aromatic heterocycles. The van der Waals surface area contributed by atoms with Gasteiger partial charge in [0, 0.05) is 11.1 Å². The molecule has 0 unspecified atom stereocenters. The molecule has 3 aromatic carbocycles. The smallest absolute Gasteiger partial charge is 0.325 e. The molecule has 0 saturated carbocycles. The van der Waals surface area contributed by atoms with Gasteiger partial charge in [0.25, 0.3) is 0 Å². The average molecular weight is 490 g/mol. The fourth-order valence-corrected chi connectivity index (χ4v) is 4.30. The van der Waals surface area contributed by atoms with Crippen LogP contribution >= 0.6 is 11.8 Å². The summed E-state index contributed by atoms with van der Waals surface area (Å²) >= 11 is 1.00. The first-order valence-electron chi connectivity index (χ1n) is 10.5. The van der Waals surface area contributed by atoms with E-state index in [0.29, 0.717) is 21.8 Å². The maximum atomic E-state index is 13.3. The maximum Gasteiger partial charge on any atom is 0.418 e. The highest BCUT2D eigenvalue weighted by Gasteiger charge is 2.33. The second kappa shape index (κ2) is 10.5. The van der Waals surface area contributed by atoms with Gasteiger partial charge in [-0.05, 0) is 23.8 Å². The van der Waals surface area contributed by atoms with Crippen molar-refractivity contribution in [3.8, 4) is 28.5 Å². The highest BCUT2D eigenvalue weighted by Crippen LogP contribution is 2.36. The van der Waals surface area contributed by atoms with Crippen LogP contribution < -0.4 is 5.32 Å². The third-order valence-corrected chi connectivity index (χ3v) is 6.07. The monoisotopic (exact) mass is 489 g/mol. The summed E-state index contributed by atoms with van der Waals surface area (Å²) in [6.07, 6.45) is -4.60. The number of hydrogen-bond donors (Lipinski definition) is 1. The highest BCUT2D eigenvalue weighted by atomic mass is 32.2. The first-order valence-corrected chi connectivity index (χ1v) is 11.5. The van der Waals surface area contributed by atoms with Crippen molar-refractivity contribution < 1.29 is 18.0 Å². The quantitative estimate of drug-likeness (QED) is 0.295. The van der Waals surface area contributed by atoms with E-state index < -0.39 is 17.6 Å². The summed E-state index contributed by atoms with van der Waals surface area (Å²) in [6.45, 7) is 0. The number of para-hydroxylation sites is 1. The molecule has 0 radical (unpaired) electrons. The zero-order valence-electron chi connectivity index (χ0n) is 18.2. The van der Waals surface area contributed by atoms with E-state index in [2.05, 4.69) is 16.4 Å². The summed E-state index contributed by atoms with van der Waals surface area (Å²) < 4.78 is 39.8. The van der Waals surface area contributed by atoms with E-state index in [1.165, 1.54) is 18.2 Å². The Kier molecular flexibility index (Phi) is 7.18. The van der Waals surface area contributed by atoms with E-state index in [0.717, 1.165) is 29.0 Å².